The maximum atomic E-state index is 5.57. The van der Waals surface area contributed by atoms with Gasteiger partial charge in [-0.15, -0.1) is 0 Å². The van der Waals surface area contributed by atoms with Gasteiger partial charge in [0.15, 0.2) is 0 Å². The Hall–Kier alpha value is -0.120. The van der Waals surface area contributed by atoms with Crippen LogP contribution in [0.2, 0.25) is 0 Å². The zero-order chi connectivity index (χ0) is 13.2. The smallest absolute Gasteiger partial charge is 0.0518 e. The molecule has 1 unspecified atom stereocenters. The molecule has 1 aliphatic heterocycles. The molecule has 1 rings (SSSR count). The van der Waals surface area contributed by atoms with Gasteiger partial charge in [-0.25, -0.2) is 0 Å². The molecule has 3 nitrogen and oxygen atoms in total. The molecule has 1 saturated heterocycles. The number of rotatable bonds is 9. The van der Waals surface area contributed by atoms with Crippen molar-refractivity contribution in [1.82, 2.24) is 10.2 Å². The molecule has 18 heavy (non-hydrogen) atoms. The maximum Gasteiger partial charge on any atom is 0.0518 e. The topological polar surface area (TPSA) is 24.5 Å². The number of unbranched alkanes of at least 4 members (excludes halogenated alkanes) is 1. The highest BCUT2D eigenvalue weighted by atomic mass is 16.5. The van der Waals surface area contributed by atoms with E-state index in [2.05, 4.69) is 31.0 Å². The highest BCUT2D eigenvalue weighted by Gasteiger charge is 2.18. The van der Waals surface area contributed by atoms with Gasteiger partial charge in [0, 0.05) is 19.2 Å². The van der Waals surface area contributed by atoms with Gasteiger partial charge in [-0.3, -0.25) is 0 Å². The fourth-order valence-corrected chi connectivity index (χ4v) is 2.53. The first-order chi connectivity index (χ1) is 8.72. The van der Waals surface area contributed by atoms with Gasteiger partial charge in [-0.1, -0.05) is 6.92 Å². The number of hydrogen-bond donors (Lipinski definition) is 1. The van der Waals surface area contributed by atoms with Crippen LogP contribution in [-0.4, -0.2) is 49.8 Å². The Kier molecular flexibility index (Phi) is 8.64. The Morgan fingerprint density at radius 3 is 2.89 bits per heavy atom. The molecule has 1 atom stereocenters. The zero-order valence-corrected chi connectivity index (χ0v) is 12.6. The molecule has 0 aromatic heterocycles. The summed E-state index contributed by atoms with van der Waals surface area (Å²) in [5.74, 6) is 0. The summed E-state index contributed by atoms with van der Waals surface area (Å²) in [7, 11) is 0. The first-order valence-corrected chi connectivity index (χ1v) is 7.79. The molecule has 0 saturated carbocycles. The summed E-state index contributed by atoms with van der Waals surface area (Å²) in [6.07, 6.45) is 6.79. The standard InChI is InChI=1S/C15H32N2O/c1-4-9-16-15-8-7-11-17(13-15)10-5-6-12-18-14(2)3/h14-16H,4-13H2,1-3H3. The summed E-state index contributed by atoms with van der Waals surface area (Å²) in [5.41, 5.74) is 0. The third-order valence-corrected chi connectivity index (χ3v) is 3.51. The van der Waals surface area contributed by atoms with Gasteiger partial charge < -0.3 is 15.0 Å². The second kappa shape index (κ2) is 9.76. The summed E-state index contributed by atoms with van der Waals surface area (Å²) in [4.78, 5) is 2.62. The van der Waals surface area contributed by atoms with Crippen LogP contribution in [0.5, 0.6) is 0 Å². The number of likely N-dealkylation sites (tertiary alicyclic amines) is 1. The highest BCUT2D eigenvalue weighted by molar-refractivity contribution is 4.77. The van der Waals surface area contributed by atoms with Gasteiger partial charge in [0.05, 0.1) is 6.10 Å². The second-order valence-corrected chi connectivity index (χ2v) is 5.72. The van der Waals surface area contributed by atoms with Crippen molar-refractivity contribution >= 4 is 0 Å². The summed E-state index contributed by atoms with van der Waals surface area (Å²) in [5, 5.41) is 3.65. The van der Waals surface area contributed by atoms with Crippen LogP contribution in [0.25, 0.3) is 0 Å². The van der Waals surface area contributed by atoms with Crippen LogP contribution in [0.4, 0.5) is 0 Å². The molecule has 0 spiro atoms. The Morgan fingerprint density at radius 1 is 1.33 bits per heavy atom. The number of ether oxygens (including phenoxy) is 1. The molecule has 0 aliphatic carbocycles. The molecule has 3 heteroatoms. The lowest BCUT2D eigenvalue weighted by molar-refractivity contribution is 0.0732. The van der Waals surface area contributed by atoms with Gasteiger partial charge in [0.1, 0.15) is 0 Å². The predicted molar refractivity (Wildman–Crippen MR) is 78.1 cm³/mol. The molecule has 1 heterocycles. The first-order valence-electron chi connectivity index (χ1n) is 7.79. The van der Waals surface area contributed by atoms with Crippen molar-refractivity contribution in [3.63, 3.8) is 0 Å². The summed E-state index contributed by atoms with van der Waals surface area (Å²) >= 11 is 0. The van der Waals surface area contributed by atoms with Crippen molar-refractivity contribution in [2.45, 2.75) is 65.0 Å². The lowest BCUT2D eigenvalue weighted by Gasteiger charge is -2.33. The third kappa shape index (κ3) is 7.34. The van der Waals surface area contributed by atoms with Crippen molar-refractivity contribution in [2.24, 2.45) is 0 Å². The van der Waals surface area contributed by atoms with Crippen molar-refractivity contribution in [2.75, 3.05) is 32.8 Å². The monoisotopic (exact) mass is 256 g/mol. The van der Waals surface area contributed by atoms with Crippen molar-refractivity contribution in [1.29, 1.82) is 0 Å². The average molecular weight is 256 g/mol. The van der Waals surface area contributed by atoms with Crippen molar-refractivity contribution in [3.05, 3.63) is 0 Å². The molecule has 108 valence electrons. The molecule has 1 fully saturated rings. The summed E-state index contributed by atoms with van der Waals surface area (Å²) < 4.78 is 5.57. The van der Waals surface area contributed by atoms with Crippen LogP contribution in [0, 0.1) is 0 Å². The van der Waals surface area contributed by atoms with Gasteiger partial charge in [-0.2, -0.15) is 0 Å². The van der Waals surface area contributed by atoms with E-state index in [1.54, 1.807) is 0 Å². The minimum atomic E-state index is 0.377. The number of nitrogens with zero attached hydrogens (tertiary/aromatic N) is 1. The Labute approximate surface area is 113 Å². The molecule has 1 N–H and O–H groups in total. The van der Waals surface area contributed by atoms with Crippen molar-refractivity contribution < 1.29 is 4.74 Å². The summed E-state index contributed by atoms with van der Waals surface area (Å²) in [6, 6.07) is 0.727. The van der Waals surface area contributed by atoms with Crippen molar-refractivity contribution in [3.8, 4) is 0 Å². The Bertz CT molecular complexity index is 197. The molecule has 1 aliphatic rings. The lowest BCUT2D eigenvalue weighted by Crippen LogP contribution is -2.46. The molecular formula is C15H32N2O. The lowest BCUT2D eigenvalue weighted by atomic mass is 10.1. The molecule has 0 amide bonds. The largest absolute Gasteiger partial charge is 0.379 e. The van der Waals surface area contributed by atoms with E-state index in [9.17, 15) is 0 Å². The average Bonchev–Trinajstić information content (AvgIpc) is 2.36. The van der Waals surface area contributed by atoms with Gasteiger partial charge in [0.25, 0.3) is 0 Å². The van der Waals surface area contributed by atoms with E-state index < -0.39 is 0 Å². The third-order valence-electron chi connectivity index (χ3n) is 3.51. The quantitative estimate of drug-likeness (QED) is 0.642. The van der Waals surface area contributed by atoms with E-state index in [-0.39, 0.29) is 0 Å². The van der Waals surface area contributed by atoms with E-state index in [4.69, 9.17) is 4.74 Å². The van der Waals surface area contributed by atoms with Crippen LogP contribution in [0.3, 0.4) is 0 Å². The summed E-state index contributed by atoms with van der Waals surface area (Å²) in [6.45, 7) is 12.3. The van der Waals surface area contributed by atoms with Crippen LogP contribution in [-0.2, 0) is 4.74 Å². The molecule has 0 radical (unpaired) electrons. The SMILES string of the molecule is CCCNC1CCCN(CCCCOC(C)C)C1. The van der Waals surface area contributed by atoms with Gasteiger partial charge >= 0.3 is 0 Å². The van der Waals surface area contributed by atoms with Gasteiger partial charge in [0.2, 0.25) is 0 Å². The number of hydrogen-bond acceptors (Lipinski definition) is 3. The van der Waals surface area contributed by atoms with Crippen LogP contribution < -0.4 is 5.32 Å². The van der Waals surface area contributed by atoms with E-state index in [1.165, 1.54) is 58.3 Å². The van der Waals surface area contributed by atoms with Crippen LogP contribution >= 0.6 is 0 Å². The minimum absolute atomic E-state index is 0.377. The van der Waals surface area contributed by atoms with E-state index in [0.29, 0.717) is 6.10 Å². The number of piperidine rings is 1. The molecule has 0 aromatic carbocycles. The normalized spacial score (nSPS) is 21.7. The zero-order valence-electron chi connectivity index (χ0n) is 12.6. The molecule has 0 aromatic rings. The molecular weight excluding hydrogens is 224 g/mol. The maximum absolute atomic E-state index is 5.57. The van der Waals surface area contributed by atoms with Crippen LogP contribution in [0.1, 0.15) is 52.9 Å². The Balaban J connectivity index is 2.03. The van der Waals surface area contributed by atoms with Crippen LogP contribution in [0.15, 0.2) is 0 Å². The first kappa shape index (κ1) is 15.9. The minimum Gasteiger partial charge on any atom is -0.379 e. The van der Waals surface area contributed by atoms with E-state index in [1.807, 2.05) is 0 Å². The van der Waals surface area contributed by atoms with Gasteiger partial charge in [-0.05, 0) is 65.6 Å². The predicted octanol–water partition coefficient (Wildman–Crippen LogP) is 2.66. The number of nitrogens with one attached hydrogen (secondary N) is 1. The second-order valence-electron chi connectivity index (χ2n) is 5.72. The fraction of sp³-hybridized carbons (Fsp3) is 1.00. The Morgan fingerprint density at radius 2 is 2.17 bits per heavy atom. The van der Waals surface area contributed by atoms with E-state index >= 15 is 0 Å². The highest BCUT2D eigenvalue weighted by Crippen LogP contribution is 2.11. The fourth-order valence-electron chi connectivity index (χ4n) is 2.53. The van der Waals surface area contributed by atoms with E-state index in [0.717, 1.165) is 12.6 Å². The molecule has 0 bridgehead atoms.